The van der Waals surface area contributed by atoms with Gasteiger partial charge in [-0.1, -0.05) is 13.0 Å². The Labute approximate surface area is 140 Å². The topological polar surface area (TPSA) is 37.3 Å². The van der Waals surface area contributed by atoms with Gasteiger partial charge in [-0.2, -0.15) is 0 Å². The molecule has 1 rings (SSSR count). The maximum absolute atomic E-state index is 11.0. The summed E-state index contributed by atoms with van der Waals surface area (Å²) in [7, 11) is 0. The van der Waals surface area contributed by atoms with Crippen molar-refractivity contribution in [2.45, 2.75) is 20.3 Å². The van der Waals surface area contributed by atoms with Crippen LogP contribution >= 0.6 is 22.6 Å². The number of Topliss-reactive ketones (excluding diaryl/α,β-unsaturated/α-hetero) is 1. The predicted octanol–water partition coefficient (Wildman–Crippen LogP) is 2.76. The van der Waals surface area contributed by atoms with Crippen molar-refractivity contribution in [2.75, 3.05) is 0 Å². The van der Waals surface area contributed by atoms with Crippen LogP contribution in [0, 0.1) is 53.6 Å². The molecule has 0 fully saturated rings. The van der Waals surface area contributed by atoms with Gasteiger partial charge in [-0.25, -0.2) is 0 Å². The molecule has 1 atom stereocenters. The summed E-state index contributed by atoms with van der Waals surface area (Å²) in [5.41, 5.74) is 1.09. The molecule has 1 aromatic rings. The van der Waals surface area contributed by atoms with Gasteiger partial charge in [0.15, 0.2) is 0 Å². The van der Waals surface area contributed by atoms with E-state index < -0.39 is 0 Å². The first kappa shape index (κ1) is 15.9. The molecule has 0 bridgehead atoms. The van der Waals surface area contributed by atoms with E-state index in [9.17, 15) is 9.90 Å². The number of phenolic OH excluding ortho intramolecular Hbond substituents is 1. The van der Waals surface area contributed by atoms with Gasteiger partial charge in [0.2, 0.25) is 0 Å². The van der Waals surface area contributed by atoms with Crippen molar-refractivity contribution in [2.24, 2.45) is 5.92 Å². The second-order valence-electron chi connectivity index (χ2n) is 3.50. The number of carbonyl (C=O) groups excluding carboxylic acids is 1. The second-order valence-corrected chi connectivity index (χ2v) is 4.66. The molecule has 0 unspecified atom stereocenters. The van der Waals surface area contributed by atoms with Gasteiger partial charge in [0.05, 0.1) is 3.57 Å². The quantitative estimate of drug-likeness (QED) is 0.610. The molecule has 0 saturated heterocycles. The van der Waals surface area contributed by atoms with Crippen LogP contribution in [0.5, 0.6) is 5.75 Å². The van der Waals surface area contributed by atoms with Crippen LogP contribution in [0.25, 0.3) is 0 Å². The monoisotopic (exact) mass is 531 g/mol. The molecule has 0 aliphatic rings. The van der Waals surface area contributed by atoms with Crippen molar-refractivity contribution in [1.29, 1.82) is 0 Å². The van der Waals surface area contributed by atoms with E-state index in [1.54, 1.807) is 13.0 Å². The van der Waals surface area contributed by atoms with Crippen molar-refractivity contribution in [1.82, 2.24) is 0 Å². The fourth-order valence-electron chi connectivity index (χ4n) is 1.17. The molecule has 1 aromatic carbocycles. The summed E-state index contributed by atoms with van der Waals surface area (Å²) < 4.78 is 0.829. The minimum Gasteiger partial charge on any atom is -0.507 e. The molecule has 0 heterocycles. The molecule has 2 nitrogen and oxygen atoms in total. The molecule has 4 heteroatoms. The second kappa shape index (κ2) is 7.24. The van der Waals surface area contributed by atoms with Gasteiger partial charge in [-0.05, 0) is 53.6 Å². The van der Waals surface area contributed by atoms with Crippen LogP contribution < -0.4 is 0 Å². The summed E-state index contributed by atoms with van der Waals surface area (Å²) in [6, 6.07) is 5.44. The van der Waals surface area contributed by atoms with Crippen molar-refractivity contribution < 1.29 is 54.0 Å². The number of hydrogen-bond donors (Lipinski definition) is 1. The van der Waals surface area contributed by atoms with Crippen molar-refractivity contribution >= 4 is 28.4 Å². The van der Waals surface area contributed by atoms with Gasteiger partial charge in [0.1, 0.15) is 11.5 Å². The molecule has 0 aliphatic heterocycles. The molecule has 0 aromatic heterocycles. The van der Waals surface area contributed by atoms with Gasteiger partial charge in [0, 0.05) is 50.0 Å². The molecule has 79 valence electrons. The number of ketones is 1. The molecule has 15 heavy (non-hydrogen) atoms. The average Bonchev–Trinajstić information content (AvgIpc) is 2.11. The predicted molar refractivity (Wildman–Crippen MR) is 64.4 cm³/mol. The SMILES string of the molecule is CC(=O)[C@@H](C)Cc1ccc(O)c(I)c1.[Ac]. The van der Waals surface area contributed by atoms with E-state index in [1.807, 2.05) is 19.1 Å². The van der Waals surface area contributed by atoms with E-state index in [2.05, 4.69) is 22.6 Å². The number of halogens is 1. The number of carbonyl (C=O) groups is 1. The molecule has 0 aliphatic carbocycles. The summed E-state index contributed by atoms with van der Waals surface area (Å²) in [4.78, 5) is 11.0. The van der Waals surface area contributed by atoms with E-state index in [1.165, 1.54) is 0 Å². The number of benzene rings is 1. The molecule has 1 radical (unpaired) electrons. The van der Waals surface area contributed by atoms with Crippen molar-refractivity contribution in [3.8, 4) is 5.75 Å². The van der Waals surface area contributed by atoms with Crippen molar-refractivity contribution in [3.05, 3.63) is 27.3 Å². The van der Waals surface area contributed by atoms with E-state index in [0.717, 1.165) is 15.6 Å². The fourth-order valence-corrected chi connectivity index (χ4v) is 1.75. The van der Waals surface area contributed by atoms with Gasteiger partial charge >= 0.3 is 0 Å². The summed E-state index contributed by atoms with van der Waals surface area (Å²) >= 11 is 2.08. The maximum Gasteiger partial charge on any atom is 0.132 e. The minimum absolute atomic E-state index is 0. The van der Waals surface area contributed by atoms with Crippen LogP contribution in [0.4, 0.5) is 0 Å². The molecule has 0 spiro atoms. The Morgan fingerprint density at radius 3 is 2.60 bits per heavy atom. The van der Waals surface area contributed by atoms with E-state index in [-0.39, 0.29) is 55.8 Å². The Hall–Kier alpha value is 0.862. The third-order valence-electron chi connectivity index (χ3n) is 2.25. The molecule has 0 amide bonds. The zero-order valence-electron chi connectivity index (χ0n) is 8.83. The number of aromatic hydroxyl groups is 1. The third-order valence-corrected chi connectivity index (χ3v) is 3.11. The maximum atomic E-state index is 11.0. The molecular formula is C11H13AcIO2. The first-order valence-corrected chi connectivity index (χ1v) is 5.56. The van der Waals surface area contributed by atoms with Gasteiger partial charge in [0.25, 0.3) is 0 Å². The Balaban J connectivity index is 0.00000196. The normalized spacial score (nSPS) is 11.7. The van der Waals surface area contributed by atoms with Crippen LogP contribution in [-0.4, -0.2) is 10.9 Å². The fraction of sp³-hybridized carbons (Fsp3) is 0.364. The largest absolute Gasteiger partial charge is 0.507 e. The summed E-state index contributed by atoms with van der Waals surface area (Å²) in [5, 5.41) is 9.31. The van der Waals surface area contributed by atoms with Crippen molar-refractivity contribution in [3.63, 3.8) is 0 Å². The Kier molecular flexibility index (Phi) is 7.65. The summed E-state index contributed by atoms with van der Waals surface area (Å²) in [6.07, 6.45) is 0.742. The number of phenols is 1. The zero-order valence-corrected chi connectivity index (χ0v) is 15.7. The van der Waals surface area contributed by atoms with Crippen LogP contribution in [0.1, 0.15) is 19.4 Å². The molecular weight excluding hydrogens is 518 g/mol. The molecule has 1 N–H and O–H groups in total. The third kappa shape index (κ3) is 5.14. The van der Waals surface area contributed by atoms with E-state index >= 15 is 0 Å². The Morgan fingerprint density at radius 1 is 1.53 bits per heavy atom. The first-order chi connectivity index (χ1) is 6.50. The van der Waals surface area contributed by atoms with Crippen LogP contribution in [0.3, 0.4) is 0 Å². The van der Waals surface area contributed by atoms with Crippen LogP contribution in [0.15, 0.2) is 18.2 Å². The smallest absolute Gasteiger partial charge is 0.132 e. The first-order valence-electron chi connectivity index (χ1n) is 4.48. The minimum atomic E-state index is 0. The zero-order chi connectivity index (χ0) is 10.7. The summed E-state index contributed by atoms with van der Waals surface area (Å²) in [6.45, 7) is 3.53. The number of rotatable bonds is 3. The van der Waals surface area contributed by atoms with E-state index in [0.29, 0.717) is 5.75 Å². The van der Waals surface area contributed by atoms with Gasteiger partial charge in [-0.15, -0.1) is 0 Å². The number of hydrogen-bond acceptors (Lipinski definition) is 2. The standard InChI is InChI=1S/C11H13IO2.Ac/c1-7(8(2)13)5-9-3-4-11(14)10(12)6-9;/h3-4,6-7,14H,5H2,1-2H3;/t7-;/m0./s1. The van der Waals surface area contributed by atoms with Gasteiger partial charge in [-0.3, -0.25) is 4.79 Å². The van der Waals surface area contributed by atoms with Gasteiger partial charge < -0.3 is 5.11 Å². The van der Waals surface area contributed by atoms with E-state index in [4.69, 9.17) is 0 Å². The van der Waals surface area contributed by atoms with Crippen LogP contribution in [-0.2, 0) is 11.2 Å². The van der Waals surface area contributed by atoms with Crippen LogP contribution in [0.2, 0.25) is 0 Å². The Bertz CT molecular complexity index is 352. The average molecular weight is 531 g/mol. The summed E-state index contributed by atoms with van der Waals surface area (Å²) in [5.74, 6) is 0.549. The Morgan fingerprint density at radius 2 is 2.13 bits per heavy atom. The molecule has 0 saturated carbocycles.